The van der Waals surface area contributed by atoms with Crippen LogP contribution in [0.5, 0.6) is 0 Å². The van der Waals surface area contributed by atoms with Crippen LogP contribution in [0.3, 0.4) is 0 Å². The van der Waals surface area contributed by atoms with Gasteiger partial charge in [0.05, 0.1) is 16.8 Å². The lowest BCUT2D eigenvalue weighted by Crippen LogP contribution is -2.35. The lowest BCUT2D eigenvalue weighted by molar-refractivity contribution is -0.137. The smallest absolute Gasteiger partial charge is 0.306 e. The van der Waals surface area contributed by atoms with Crippen LogP contribution in [0.4, 0.5) is 17.6 Å². The molecule has 0 atom stereocenters. The van der Waals surface area contributed by atoms with Gasteiger partial charge < -0.3 is 4.98 Å². The van der Waals surface area contributed by atoms with Gasteiger partial charge in [0.2, 0.25) is 0 Å². The number of aromatic nitrogens is 4. The summed E-state index contributed by atoms with van der Waals surface area (Å²) in [6.07, 6.45) is 0.195. The molecule has 0 spiro atoms. The highest BCUT2D eigenvalue weighted by Crippen LogP contribution is 2.31. The minimum Gasteiger partial charge on any atom is -0.306 e. The summed E-state index contributed by atoms with van der Waals surface area (Å²) in [6.45, 7) is 0.602. The quantitative estimate of drug-likeness (QED) is 0.679. The van der Waals surface area contributed by atoms with Gasteiger partial charge in [-0.1, -0.05) is 0 Å². The van der Waals surface area contributed by atoms with Crippen molar-refractivity contribution in [2.45, 2.75) is 25.7 Å². The first kappa shape index (κ1) is 19.2. The van der Waals surface area contributed by atoms with Crippen LogP contribution >= 0.6 is 0 Å². The molecule has 2 aromatic heterocycles. The van der Waals surface area contributed by atoms with E-state index in [0.717, 1.165) is 18.2 Å². The van der Waals surface area contributed by atoms with Crippen molar-refractivity contribution in [3.63, 3.8) is 0 Å². The van der Waals surface area contributed by atoms with E-state index in [-0.39, 0.29) is 24.2 Å². The molecule has 0 radical (unpaired) electrons. The number of fused-ring (bicyclic) bond motifs is 1. The van der Waals surface area contributed by atoms with E-state index in [2.05, 4.69) is 19.9 Å². The molecule has 3 aromatic rings. The van der Waals surface area contributed by atoms with Crippen molar-refractivity contribution >= 4 is 0 Å². The average Bonchev–Trinajstić information content (AvgIpc) is 2.69. The molecular formula is C19H15F4N5O. The molecule has 4 rings (SSSR count). The zero-order valence-corrected chi connectivity index (χ0v) is 15.0. The Morgan fingerprint density at radius 1 is 1.17 bits per heavy atom. The third-order valence-corrected chi connectivity index (χ3v) is 4.75. The monoisotopic (exact) mass is 405 g/mol. The van der Waals surface area contributed by atoms with E-state index in [1.165, 1.54) is 18.7 Å². The number of benzene rings is 1. The summed E-state index contributed by atoms with van der Waals surface area (Å²) in [5.74, 6) is -0.397. The number of rotatable bonds is 3. The van der Waals surface area contributed by atoms with Crippen LogP contribution in [0.1, 0.15) is 22.4 Å². The molecule has 0 bridgehead atoms. The van der Waals surface area contributed by atoms with E-state index in [1.54, 1.807) is 4.90 Å². The van der Waals surface area contributed by atoms with Crippen molar-refractivity contribution in [1.29, 1.82) is 0 Å². The maximum absolute atomic E-state index is 14.1. The van der Waals surface area contributed by atoms with E-state index < -0.39 is 17.6 Å². The Labute approximate surface area is 162 Å². The van der Waals surface area contributed by atoms with Gasteiger partial charge in [0.1, 0.15) is 18.0 Å². The van der Waals surface area contributed by atoms with Gasteiger partial charge in [-0.3, -0.25) is 9.69 Å². The summed E-state index contributed by atoms with van der Waals surface area (Å²) in [5.41, 5.74) is 0.335. The minimum atomic E-state index is -4.54. The predicted molar refractivity (Wildman–Crippen MR) is 95.1 cm³/mol. The Morgan fingerprint density at radius 2 is 1.93 bits per heavy atom. The molecule has 0 amide bonds. The summed E-state index contributed by atoms with van der Waals surface area (Å²) in [7, 11) is 0. The number of hydrogen-bond donors (Lipinski definition) is 1. The van der Waals surface area contributed by atoms with Crippen LogP contribution in [0.2, 0.25) is 0 Å². The van der Waals surface area contributed by atoms with Gasteiger partial charge in [-0.25, -0.2) is 19.3 Å². The summed E-state index contributed by atoms with van der Waals surface area (Å²) >= 11 is 0. The number of nitrogens with one attached hydrogen (secondary N) is 1. The second-order valence-corrected chi connectivity index (χ2v) is 6.73. The SMILES string of the molecule is O=c1[nH]c(-c2cncnc2)nc2c1CCN(Cc1cc(C(F)(F)F)ccc1F)C2. The average molecular weight is 405 g/mol. The molecule has 3 heterocycles. The molecule has 1 aliphatic rings. The van der Waals surface area contributed by atoms with Gasteiger partial charge in [0.25, 0.3) is 5.56 Å². The third-order valence-electron chi connectivity index (χ3n) is 4.75. The molecular weight excluding hydrogens is 390 g/mol. The highest BCUT2D eigenvalue weighted by molar-refractivity contribution is 5.52. The Balaban J connectivity index is 1.61. The van der Waals surface area contributed by atoms with Crippen LogP contribution in [0.15, 0.2) is 41.7 Å². The van der Waals surface area contributed by atoms with Crippen molar-refractivity contribution in [3.05, 3.63) is 75.5 Å². The number of hydrogen-bond acceptors (Lipinski definition) is 5. The molecule has 0 aliphatic carbocycles. The number of nitrogens with zero attached hydrogens (tertiary/aromatic N) is 4. The van der Waals surface area contributed by atoms with Gasteiger partial charge in [0.15, 0.2) is 0 Å². The molecule has 1 N–H and O–H groups in total. The third kappa shape index (κ3) is 4.02. The van der Waals surface area contributed by atoms with E-state index in [1.807, 2.05) is 0 Å². The fourth-order valence-electron chi connectivity index (χ4n) is 3.30. The topological polar surface area (TPSA) is 74.8 Å². The lowest BCUT2D eigenvalue weighted by Gasteiger charge is -2.28. The highest BCUT2D eigenvalue weighted by Gasteiger charge is 2.31. The summed E-state index contributed by atoms with van der Waals surface area (Å²) in [6, 6.07) is 2.37. The first-order valence-corrected chi connectivity index (χ1v) is 8.76. The van der Waals surface area contributed by atoms with Gasteiger partial charge in [0, 0.05) is 43.2 Å². The number of alkyl halides is 3. The highest BCUT2D eigenvalue weighted by atomic mass is 19.4. The Hall–Kier alpha value is -3.14. The van der Waals surface area contributed by atoms with Gasteiger partial charge in [-0.05, 0) is 24.6 Å². The second kappa shape index (κ2) is 7.36. The van der Waals surface area contributed by atoms with Gasteiger partial charge in [-0.15, -0.1) is 0 Å². The Morgan fingerprint density at radius 3 is 2.66 bits per heavy atom. The summed E-state index contributed by atoms with van der Waals surface area (Å²) in [4.78, 5) is 29.1. The molecule has 1 aliphatic heterocycles. The number of halogens is 4. The van der Waals surface area contributed by atoms with Crippen molar-refractivity contribution in [1.82, 2.24) is 24.8 Å². The standard InChI is InChI=1S/C19H15F4N5O/c20-15-2-1-13(19(21,22)23)5-11(15)8-28-4-3-14-16(9-28)26-17(27-18(14)29)12-6-24-10-25-7-12/h1-2,5-7,10H,3-4,8-9H2,(H,26,27,29). The minimum absolute atomic E-state index is 0.0204. The van der Waals surface area contributed by atoms with E-state index in [0.29, 0.717) is 35.6 Å². The van der Waals surface area contributed by atoms with Crippen molar-refractivity contribution in [2.75, 3.05) is 6.54 Å². The number of aromatic amines is 1. The molecule has 10 heteroatoms. The van der Waals surface area contributed by atoms with Crippen LogP contribution in [-0.2, 0) is 25.7 Å². The normalized spacial score (nSPS) is 14.6. The van der Waals surface area contributed by atoms with E-state index in [9.17, 15) is 22.4 Å². The maximum atomic E-state index is 14.1. The molecule has 0 saturated carbocycles. The van der Waals surface area contributed by atoms with Crippen LogP contribution in [0, 0.1) is 5.82 Å². The molecule has 6 nitrogen and oxygen atoms in total. The molecule has 150 valence electrons. The lowest BCUT2D eigenvalue weighted by atomic mass is 10.0. The summed E-state index contributed by atoms with van der Waals surface area (Å²) in [5, 5.41) is 0. The van der Waals surface area contributed by atoms with Crippen molar-refractivity contribution in [3.8, 4) is 11.4 Å². The van der Waals surface area contributed by atoms with E-state index >= 15 is 0 Å². The fraction of sp³-hybridized carbons (Fsp3) is 0.263. The van der Waals surface area contributed by atoms with Gasteiger partial charge >= 0.3 is 6.18 Å². The molecule has 0 fully saturated rings. The number of H-pyrrole nitrogens is 1. The first-order chi connectivity index (χ1) is 13.8. The second-order valence-electron chi connectivity index (χ2n) is 6.73. The fourth-order valence-corrected chi connectivity index (χ4v) is 3.30. The van der Waals surface area contributed by atoms with Gasteiger partial charge in [-0.2, -0.15) is 13.2 Å². The largest absolute Gasteiger partial charge is 0.416 e. The molecule has 0 unspecified atom stereocenters. The first-order valence-electron chi connectivity index (χ1n) is 8.76. The van der Waals surface area contributed by atoms with Crippen LogP contribution < -0.4 is 5.56 Å². The van der Waals surface area contributed by atoms with E-state index in [4.69, 9.17) is 0 Å². The van der Waals surface area contributed by atoms with Crippen molar-refractivity contribution < 1.29 is 17.6 Å². The van der Waals surface area contributed by atoms with Crippen LogP contribution in [-0.4, -0.2) is 31.4 Å². The zero-order chi connectivity index (χ0) is 20.6. The molecule has 0 saturated heterocycles. The molecule has 1 aromatic carbocycles. The summed E-state index contributed by atoms with van der Waals surface area (Å²) < 4.78 is 52.9. The zero-order valence-electron chi connectivity index (χ0n) is 15.0. The molecule has 29 heavy (non-hydrogen) atoms. The maximum Gasteiger partial charge on any atom is 0.416 e. The van der Waals surface area contributed by atoms with Crippen molar-refractivity contribution in [2.24, 2.45) is 0 Å². The Kier molecular flexibility index (Phi) is 4.87. The Bertz CT molecular complexity index is 1100. The van der Waals surface area contributed by atoms with Crippen LogP contribution in [0.25, 0.3) is 11.4 Å². The predicted octanol–water partition coefficient (Wildman–Crippen LogP) is 2.94.